The molecule has 27 heavy (non-hydrogen) atoms. The molecule has 0 atom stereocenters. The average molecular weight is 377 g/mol. The van der Waals surface area contributed by atoms with Crippen LogP contribution in [0.25, 0.3) is 0 Å². The van der Waals surface area contributed by atoms with Crippen LogP contribution in [-0.4, -0.2) is 28.4 Å². The fraction of sp³-hybridized carbons (Fsp3) is 0.579. The maximum absolute atomic E-state index is 12.4. The van der Waals surface area contributed by atoms with Crippen LogP contribution in [0, 0.1) is 16.0 Å². The molecule has 148 valence electrons. The number of nitro groups is 1. The molecule has 0 heterocycles. The molecule has 3 N–H and O–H groups in total. The summed E-state index contributed by atoms with van der Waals surface area (Å²) in [7, 11) is 0. The predicted octanol–water partition coefficient (Wildman–Crippen LogP) is 3.20. The van der Waals surface area contributed by atoms with E-state index in [-0.39, 0.29) is 34.9 Å². The van der Waals surface area contributed by atoms with Crippen molar-refractivity contribution in [3.63, 3.8) is 0 Å². The van der Waals surface area contributed by atoms with Gasteiger partial charge in [0.1, 0.15) is 11.3 Å². The molecule has 1 fully saturated rings. The zero-order valence-electron chi connectivity index (χ0n) is 16.0. The Labute approximate surface area is 158 Å². The first kappa shape index (κ1) is 20.7. The van der Waals surface area contributed by atoms with E-state index in [1.807, 2.05) is 20.8 Å². The Morgan fingerprint density at radius 1 is 1.26 bits per heavy atom. The van der Waals surface area contributed by atoms with E-state index in [2.05, 4.69) is 5.32 Å². The fourth-order valence-electron chi connectivity index (χ4n) is 3.30. The number of nitrogens with one attached hydrogen (secondary N) is 1. The summed E-state index contributed by atoms with van der Waals surface area (Å²) < 4.78 is 5.36. The minimum absolute atomic E-state index is 0.0361. The Morgan fingerprint density at radius 3 is 2.44 bits per heavy atom. The maximum Gasteiger partial charge on any atom is 0.306 e. The van der Waals surface area contributed by atoms with Crippen molar-refractivity contribution in [1.29, 1.82) is 0 Å². The predicted molar refractivity (Wildman–Crippen MR) is 101 cm³/mol. The fourth-order valence-corrected chi connectivity index (χ4v) is 3.30. The Kier molecular flexibility index (Phi) is 6.41. The van der Waals surface area contributed by atoms with Gasteiger partial charge in [-0.05, 0) is 58.4 Å². The lowest BCUT2D eigenvalue weighted by Gasteiger charge is -2.29. The second kappa shape index (κ2) is 8.37. The number of nitro benzene ring substituents is 1. The lowest BCUT2D eigenvalue weighted by atomic mass is 9.84. The van der Waals surface area contributed by atoms with Crippen LogP contribution in [0.3, 0.4) is 0 Å². The Bertz CT molecular complexity index is 719. The summed E-state index contributed by atoms with van der Waals surface area (Å²) in [5.41, 5.74) is 4.99. The number of nitrogens with zero attached hydrogens (tertiary/aromatic N) is 1. The van der Waals surface area contributed by atoms with Crippen LogP contribution in [0.2, 0.25) is 0 Å². The number of nitrogens with two attached hydrogens (primary N) is 1. The highest BCUT2D eigenvalue weighted by molar-refractivity contribution is 6.01. The van der Waals surface area contributed by atoms with Crippen LogP contribution in [0.15, 0.2) is 18.2 Å². The number of ether oxygens (including phenoxy) is 1. The summed E-state index contributed by atoms with van der Waals surface area (Å²) in [5, 5.41) is 13.9. The third-order valence-corrected chi connectivity index (χ3v) is 4.58. The Hall–Kier alpha value is -2.64. The molecule has 1 amide bonds. The third kappa shape index (κ3) is 5.94. The van der Waals surface area contributed by atoms with E-state index in [4.69, 9.17) is 10.5 Å². The minimum atomic E-state index is -0.603. The van der Waals surface area contributed by atoms with Crippen molar-refractivity contribution in [3.05, 3.63) is 33.9 Å². The van der Waals surface area contributed by atoms with Crippen molar-refractivity contribution in [2.45, 2.75) is 64.5 Å². The lowest BCUT2D eigenvalue weighted by molar-refractivity contribution is -0.383. The van der Waals surface area contributed by atoms with Gasteiger partial charge >= 0.3 is 5.97 Å². The molecule has 0 aliphatic heterocycles. The van der Waals surface area contributed by atoms with E-state index in [1.54, 1.807) is 0 Å². The van der Waals surface area contributed by atoms with E-state index >= 15 is 0 Å². The molecule has 1 aromatic rings. The Morgan fingerprint density at radius 2 is 1.89 bits per heavy atom. The zero-order chi connectivity index (χ0) is 20.2. The molecule has 0 radical (unpaired) electrons. The molecule has 0 saturated heterocycles. The maximum atomic E-state index is 12.4. The van der Waals surface area contributed by atoms with Gasteiger partial charge in [0.15, 0.2) is 0 Å². The number of rotatable bonds is 5. The zero-order valence-corrected chi connectivity index (χ0v) is 16.0. The topological polar surface area (TPSA) is 125 Å². The summed E-state index contributed by atoms with van der Waals surface area (Å²) in [6.45, 7) is 5.53. The van der Waals surface area contributed by atoms with Gasteiger partial charge in [0.25, 0.3) is 11.6 Å². The van der Waals surface area contributed by atoms with Crippen LogP contribution in [-0.2, 0) is 9.53 Å². The van der Waals surface area contributed by atoms with Crippen LogP contribution in [0.5, 0.6) is 0 Å². The number of para-hydroxylation sites is 1. The van der Waals surface area contributed by atoms with Gasteiger partial charge in [-0.15, -0.1) is 0 Å². The van der Waals surface area contributed by atoms with E-state index < -0.39 is 16.4 Å². The van der Waals surface area contributed by atoms with Gasteiger partial charge in [-0.25, -0.2) is 0 Å². The van der Waals surface area contributed by atoms with E-state index in [1.165, 1.54) is 18.2 Å². The molecule has 0 aromatic heterocycles. The van der Waals surface area contributed by atoms with E-state index in [0.717, 1.165) is 25.7 Å². The second-order valence-electron chi connectivity index (χ2n) is 7.98. The number of carbonyl (C=O) groups excluding carboxylic acids is 2. The number of amides is 1. The molecular weight excluding hydrogens is 350 g/mol. The summed E-state index contributed by atoms with van der Waals surface area (Å²) in [6.07, 6.45) is 3.50. The van der Waals surface area contributed by atoms with Gasteiger partial charge in [0.2, 0.25) is 0 Å². The monoisotopic (exact) mass is 377 g/mol. The number of hydrogen-bond donors (Lipinski definition) is 2. The van der Waals surface area contributed by atoms with Crippen LogP contribution < -0.4 is 11.1 Å². The van der Waals surface area contributed by atoms with Gasteiger partial charge in [0.05, 0.1) is 10.5 Å². The van der Waals surface area contributed by atoms with Crippen molar-refractivity contribution >= 4 is 23.3 Å². The van der Waals surface area contributed by atoms with E-state index in [9.17, 15) is 19.7 Å². The van der Waals surface area contributed by atoms with Crippen LogP contribution in [0.4, 0.5) is 11.4 Å². The van der Waals surface area contributed by atoms with Crippen LogP contribution in [0.1, 0.15) is 63.2 Å². The normalized spacial score (nSPS) is 20.0. The molecule has 0 bridgehead atoms. The Balaban J connectivity index is 1.87. The van der Waals surface area contributed by atoms with Gasteiger partial charge in [-0.3, -0.25) is 19.7 Å². The molecule has 0 unspecified atom stereocenters. The summed E-state index contributed by atoms with van der Waals surface area (Å²) in [5.74, 6) is -0.359. The van der Waals surface area contributed by atoms with Gasteiger partial charge in [-0.1, -0.05) is 6.07 Å². The number of hydrogen-bond acceptors (Lipinski definition) is 6. The molecule has 1 aliphatic rings. The first-order chi connectivity index (χ1) is 12.6. The highest BCUT2D eigenvalue weighted by Gasteiger charge is 2.27. The molecular formula is C19H27N3O5. The average Bonchev–Trinajstić information content (AvgIpc) is 2.54. The standard InChI is InChI=1S/C19H27N3O5/c1-19(2,3)27-16(23)11-12-7-9-13(10-8-12)21-18(24)14-5-4-6-15(17(14)20)22(25)26/h4-6,12-13H,7-11,20H2,1-3H3,(H,21,24). The third-order valence-electron chi connectivity index (χ3n) is 4.58. The summed E-state index contributed by atoms with van der Waals surface area (Å²) in [6, 6.07) is 4.16. The van der Waals surface area contributed by atoms with Crippen molar-refractivity contribution < 1.29 is 19.2 Å². The van der Waals surface area contributed by atoms with Crippen molar-refractivity contribution in [1.82, 2.24) is 5.32 Å². The molecule has 1 saturated carbocycles. The molecule has 8 nitrogen and oxygen atoms in total. The first-order valence-corrected chi connectivity index (χ1v) is 9.12. The smallest absolute Gasteiger partial charge is 0.306 e. The van der Waals surface area contributed by atoms with Gasteiger partial charge < -0.3 is 15.8 Å². The number of nitrogen functional groups attached to an aromatic ring is 1. The first-order valence-electron chi connectivity index (χ1n) is 9.12. The number of carbonyl (C=O) groups is 2. The highest BCUT2D eigenvalue weighted by atomic mass is 16.6. The quantitative estimate of drug-likeness (QED) is 0.351. The number of anilines is 1. The molecule has 8 heteroatoms. The highest BCUT2D eigenvalue weighted by Crippen LogP contribution is 2.29. The molecule has 1 aromatic carbocycles. The van der Waals surface area contributed by atoms with E-state index in [0.29, 0.717) is 6.42 Å². The van der Waals surface area contributed by atoms with Crippen molar-refractivity contribution in [2.75, 3.05) is 5.73 Å². The summed E-state index contributed by atoms with van der Waals surface area (Å²) in [4.78, 5) is 34.7. The van der Waals surface area contributed by atoms with Gasteiger partial charge in [0, 0.05) is 18.5 Å². The molecule has 2 rings (SSSR count). The molecule has 0 spiro atoms. The summed E-state index contributed by atoms with van der Waals surface area (Å²) >= 11 is 0. The lowest BCUT2D eigenvalue weighted by Crippen LogP contribution is -2.38. The van der Waals surface area contributed by atoms with Crippen LogP contribution >= 0.6 is 0 Å². The molecule has 1 aliphatic carbocycles. The number of benzene rings is 1. The van der Waals surface area contributed by atoms with Gasteiger partial charge in [-0.2, -0.15) is 0 Å². The second-order valence-corrected chi connectivity index (χ2v) is 7.98. The minimum Gasteiger partial charge on any atom is -0.460 e. The van der Waals surface area contributed by atoms with Crippen molar-refractivity contribution in [2.24, 2.45) is 5.92 Å². The largest absolute Gasteiger partial charge is 0.460 e. The number of esters is 1. The van der Waals surface area contributed by atoms with Crippen molar-refractivity contribution in [3.8, 4) is 0 Å². The SMILES string of the molecule is CC(C)(C)OC(=O)CC1CCC(NC(=O)c2cccc([N+](=O)[O-])c2N)CC1.